The predicted octanol–water partition coefficient (Wildman–Crippen LogP) is 2.85. The molecule has 0 amide bonds. The van der Waals surface area contributed by atoms with Crippen LogP contribution in [-0.2, 0) is 5.41 Å². The average Bonchev–Trinajstić information content (AvgIpc) is 2.30. The lowest BCUT2D eigenvalue weighted by atomic mass is 9.64. The van der Waals surface area contributed by atoms with E-state index in [0.717, 1.165) is 34.4 Å². The summed E-state index contributed by atoms with van der Waals surface area (Å²) in [6.45, 7) is 0.648. The fourth-order valence-electron chi connectivity index (χ4n) is 2.56. The number of rotatable bonds is 4. The summed E-state index contributed by atoms with van der Waals surface area (Å²) in [5.74, 6) is 1.58. The monoisotopic (exact) mass is 299 g/mol. The van der Waals surface area contributed by atoms with Crippen LogP contribution in [0.3, 0.4) is 0 Å². The van der Waals surface area contributed by atoms with Crippen molar-refractivity contribution < 1.29 is 9.47 Å². The van der Waals surface area contributed by atoms with Gasteiger partial charge >= 0.3 is 0 Å². The molecule has 1 aliphatic rings. The van der Waals surface area contributed by atoms with Crippen LogP contribution in [0.15, 0.2) is 16.6 Å². The maximum absolute atomic E-state index is 5.97. The smallest absolute Gasteiger partial charge is 0.165 e. The maximum atomic E-state index is 5.97. The average molecular weight is 300 g/mol. The van der Waals surface area contributed by atoms with Crippen molar-refractivity contribution in [2.45, 2.75) is 24.7 Å². The van der Waals surface area contributed by atoms with Crippen molar-refractivity contribution in [2.24, 2.45) is 5.73 Å². The summed E-state index contributed by atoms with van der Waals surface area (Å²) in [5.41, 5.74) is 7.18. The molecule has 2 N–H and O–H groups in total. The number of hydrogen-bond acceptors (Lipinski definition) is 3. The van der Waals surface area contributed by atoms with Gasteiger partial charge in [-0.05, 0) is 25.0 Å². The standard InChI is InChI=1S/C13H18BrNO2/c1-16-10-5-4-9(14)11(12(10)17-2)13(8-15)6-3-7-13/h4-5H,3,6-8,15H2,1-2H3. The Labute approximate surface area is 110 Å². The Hall–Kier alpha value is -0.740. The van der Waals surface area contributed by atoms with E-state index in [9.17, 15) is 0 Å². The molecule has 94 valence electrons. The van der Waals surface area contributed by atoms with Gasteiger partial charge in [0.1, 0.15) is 0 Å². The number of halogens is 1. The molecular formula is C13H18BrNO2. The lowest BCUT2D eigenvalue weighted by molar-refractivity contribution is 0.239. The summed E-state index contributed by atoms with van der Waals surface area (Å²) in [6, 6.07) is 3.92. The van der Waals surface area contributed by atoms with Gasteiger partial charge in [-0.1, -0.05) is 22.4 Å². The van der Waals surface area contributed by atoms with Gasteiger partial charge in [-0.25, -0.2) is 0 Å². The second-order valence-corrected chi connectivity index (χ2v) is 5.35. The zero-order chi connectivity index (χ0) is 12.5. The van der Waals surface area contributed by atoms with Crippen molar-refractivity contribution in [3.63, 3.8) is 0 Å². The van der Waals surface area contributed by atoms with Crippen LogP contribution >= 0.6 is 15.9 Å². The van der Waals surface area contributed by atoms with E-state index < -0.39 is 0 Å². The van der Waals surface area contributed by atoms with Crippen molar-refractivity contribution in [2.75, 3.05) is 20.8 Å². The minimum absolute atomic E-state index is 0.0543. The van der Waals surface area contributed by atoms with Gasteiger partial charge in [0.25, 0.3) is 0 Å². The van der Waals surface area contributed by atoms with E-state index in [-0.39, 0.29) is 5.41 Å². The Bertz CT molecular complexity index is 411. The fraction of sp³-hybridized carbons (Fsp3) is 0.538. The molecule has 0 saturated heterocycles. The molecule has 0 aliphatic heterocycles. The normalized spacial score (nSPS) is 17.4. The molecule has 0 atom stereocenters. The van der Waals surface area contributed by atoms with Crippen molar-refractivity contribution in [3.05, 3.63) is 22.2 Å². The molecule has 0 unspecified atom stereocenters. The molecule has 0 spiro atoms. The van der Waals surface area contributed by atoms with Gasteiger partial charge in [-0.15, -0.1) is 0 Å². The Morgan fingerprint density at radius 1 is 1.29 bits per heavy atom. The molecule has 1 aromatic carbocycles. The highest BCUT2D eigenvalue weighted by Gasteiger charge is 2.41. The summed E-state index contributed by atoms with van der Waals surface area (Å²) in [4.78, 5) is 0. The minimum atomic E-state index is 0.0543. The van der Waals surface area contributed by atoms with Gasteiger partial charge in [0.15, 0.2) is 11.5 Å². The summed E-state index contributed by atoms with van der Waals surface area (Å²) in [7, 11) is 3.34. The van der Waals surface area contributed by atoms with Gasteiger partial charge in [0.05, 0.1) is 14.2 Å². The lowest BCUT2D eigenvalue weighted by Gasteiger charge is -2.42. The molecule has 0 heterocycles. The highest BCUT2D eigenvalue weighted by atomic mass is 79.9. The number of hydrogen-bond donors (Lipinski definition) is 1. The lowest BCUT2D eigenvalue weighted by Crippen LogP contribution is -2.42. The summed E-state index contributed by atoms with van der Waals surface area (Å²) in [5, 5.41) is 0. The van der Waals surface area contributed by atoms with Crippen LogP contribution in [-0.4, -0.2) is 20.8 Å². The van der Waals surface area contributed by atoms with Crippen LogP contribution < -0.4 is 15.2 Å². The molecule has 2 rings (SSSR count). The number of methoxy groups -OCH3 is 2. The predicted molar refractivity (Wildman–Crippen MR) is 71.8 cm³/mol. The second kappa shape index (κ2) is 4.86. The quantitative estimate of drug-likeness (QED) is 0.930. The maximum Gasteiger partial charge on any atom is 0.165 e. The molecule has 0 aromatic heterocycles. The highest BCUT2D eigenvalue weighted by Crippen LogP contribution is 2.51. The Balaban J connectivity index is 2.58. The summed E-state index contributed by atoms with van der Waals surface area (Å²) < 4.78 is 11.9. The van der Waals surface area contributed by atoms with Crippen LogP contribution in [0.5, 0.6) is 11.5 Å². The van der Waals surface area contributed by atoms with Gasteiger partial charge in [0.2, 0.25) is 0 Å². The Morgan fingerprint density at radius 2 is 2.00 bits per heavy atom. The number of ether oxygens (including phenoxy) is 2. The Morgan fingerprint density at radius 3 is 2.41 bits per heavy atom. The summed E-state index contributed by atoms with van der Waals surface area (Å²) >= 11 is 3.61. The van der Waals surface area contributed by atoms with Crippen molar-refractivity contribution in [3.8, 4) is 11.5 Å². The molecule has 3 nitrogen and oxygen atoms in total. The first-order valence-corrected chi connectivity index (χ1v) is 6.59. The topological polar surface area (TPSA) is 44.5 Å². The molecule has 1 aliphatic carbocycles. The first-order chi connectivity index (χ1) is 8.18. The van der Waals surface area contributed by atoms with E-state index >= 15 is 0 Å². The van der Waals surface area contributed by atoms with Crippen molar-refractivity contribution in [1.29, 1.82) is 0 Å². The molecule has 1 saturated carbocycles. The molecule has 1 aromatic rings. The largest absolute Gasteiger partial charge is 0.493 e. The first kappa shape index (κ1) is 12.7. The van der Waals surface area contributed by atoms with Crippen molar-refractivity contribution in [1.82, 2.24) is 0 Å². The van der Waals surface area contributed by atoms with E-state index in [1.165, 1.54) is 6.42 Å². The molecule has 0 bridgehead atoms. The molecular weight excluding hydrogens is 282 g/mol. The first-order valence-electron chi connectivity index (χ1n) is 5.79. The number of benzene rings is 1. The van der Waals surface area contributed by atoms with E-state index in [2.05, 4.69) is 15.9 Å². The van der Waals surface area contributed by atoms with Crippen LogP contribution in [0.25, 0.3) is 0 Å². The molecule has 17 heavy (non-hydrogen) atoms. The van der Waals surface area contributed by atoms with E-state index in [1.807, 2.05) is 12.1 Å². The third kappa shape index (κ3) is 1.93. The van der Waals surface area contributed by atoms with Gasteiger partial charge < -0.3 is 15.2 Å². The van der Waals surface area contributed by atoms with E-state index in [0.29, 0.717) is 6.54 Å². The zero-order valence-corrected chi connectivity index (χ0v) is 11.8. The minimum Gasteiger partial charge on any atom is -0.493 e. The third-order valence-corrected chi connectivity index (χ3v) is 4.39. The highest BCUT2D eigenvalue weighted by molar-refractivity contribution is 9.10. The molecule has 4 heteroatoms. The van der Waals surface area contributed by atoms with Crippen LogP contribution in [0.1, 0.15) is 24.8 Å². The fourth-order valence-corrected chi connectivity index (χ4v) is 3.29. The van der Waals surface area contributed by atoms with Crippen LogP contribution in [0.4, 0.5) is 0 Å². The van der Waals surface area contributed by atoms with Crippen LogP contribution in [0, 0.1) is 0 Å². The van der Waals surface area contributed by atoms with E-state index in [1.54, 1.807) is 14.2 Å². The number of nitrogens with two attached hydrogens (primary N) is 1. The van der Waals surface area contributed by atoms with Gasteiger partial charge in [0, 0.05) is 22.0 Å². The van der Waals surface area contributed by atoms with E-state index in [4.69, 9.17) is 15.2 Å². The second-order valence-electron chi connectivity index (χ2n) is 4.50. The van der Waals surface area contributed by atoms with Crippen LogP contribution in [0.2, 0.25) is 0 Å². The molecule has 1 fully saturated rings. The SMILES string of the molecule is COc1ccc(Br)c(C2(CN)CCC2)c1OC. The van der Waals surface area contributed by atoms with Gasteiger partial charge in [-0.2, -0.15) is 0 Å². The zero-order valence-electron chi connectivity index (χ0n) is 10.3. The Kier molecular flexibility index (Phi) is 3.64. The van der Waals surface area contributed by atoms with Crippen molar-refractivity contribution >= 4 is 15.9 Å². The molecule has 0 radical (unpaired) electrons. The van der Waals surface area contributed by atoms with Gasteiger partial charge in [-0.3, -0.25) is 0 Å². The third-order valence-electron chi connectivity index (χ3n) is 3.73. The summed E-state index contributed by atoms with van der Waals surface area (Å²) in [6.07, 6.45) is 3.46.